The molecule has 1 saturated carbocycles. The summed E-state index contributed by atoms with van der Waals surface area (Å²) in [5.41, 5.74) is -2.38. The third-order valence-electron chi connectivity index (χ3n) is 4.08. The van der Waals surface area contributed by atoms with Crippen LogP contribution in [0, 0.1) is 5.92 Å². The first-order valence-electron chi connectivity index (χ1n) is 7.48. The standard InChI is InChI=1S/C15H17ClF3N3O2/c1-23-22-13-20-8-14(15(17,18)19,24-7-9-2-3-9)11-6-10(16)4-5-12(11)21-13/h4-6,9H,2-3,7-8H2,1H3,(H2,20,21,22)/t14-/m0/s1. The van der Waals surface area contributed by atoms with E-state index in [4.69, 9.17) is 16.3 Å². The number of alkyl halides is 3. The summed E-state index contributed by atoms with van der Waals surface area (Å²) in [7, 11) is 1.31. The van der Waals surface area contributed by atoms with Crippen LogP contribution in [0.25, 0.3) is 0 Å². The van der Waals surface area contributed by atoms with E-state index in [2.05, 4.69) is 20.6 Å². The number of anilines is 1. The number of nitrogens with zero attached hydrogens (tertiary/aromatic N) is 1. The van der Waals surface area contributed by atoms with Gasteiger partial charge in [0.25, 0.3) is 0 Å². The number of fused-ring (bicyclic) bond motifs is 1. The van der Waals surface area contributed by atoms with Gasteiger partial charge < -0.3 is 20.2 Å². The molecule has 2 N–H and O–H groups in total. The highest BCUT2D eigenvalue weighted by Crippen LogP contribution is 2.47. The van der Waals surface area contributed by atoms with Crippen molar-refractivity contribution in [3.63, 3.8) is 0 Å². The van der Waals surface area contributed by atoms with E-state index in [1.54, 1.807) is 0 Å². The molecule has 1 aromatic carbocycles. The van der Waals surface area contributed by atoms with Crippen molar-refractivity contribution in [2.24, 2.45) is 11.1 Å². The SMILES string of the molecule is CO/N=C1/NC[C@@](OCC2CC2)(C(F)(F)F)c2cc(Cl)ccc2N1. The van der Waals surface area contributed by atoms with Crippen molar-refractivity contribution in [2.75, 3.05) is 25.6 Å². The van der Waals surface area contributed by atoms with Gasteiger partial charge in [0, 0.05) is 16.3 Å². The predicted octanol–water partition coefficient (Wildman–Crippen LogP) is 3.46. The topological polar surface area (TPSA) is 54.9 Å². The predicted molar refractivity (Wildman–Crippen MR) is 83.9 cm³/mol. The molecule has 3 rings (SSSR count). The average Bonchev–Trinajstić information content (AvgIpc) is 3.32. The van der Waals surface area contributed by atoms with Gasteiger partial charge in [0.15, 0.2) is 0 Å². The van der Waals surface area contributed by atoms with E-state index in [9.17, 15) is 13.2 Å². The molecule has 5 nitrogen and oxygen atoms in total. The number of oxime groups is 1. The monoisotopic (exact) mass is 363 g/mol. The summed E-state index contributed by atoms with van der Waals surface area (Å²) in [5.74, 6) is 0.248. The minimum absolute atomic E-state index is 0.0455. The Morgan fingerprint density at radius 3 is 2.75 bits per heavy atom. The molecule has 0 amide bonds. The minimum atomic E-state index is -4.64. The first-order chi connectivity index (χ1) is 11.4. The second-order valence-corrected chi connectivity index (χ2v) is 6.31. The molecule has 0 radical (unpaired) electrons. The van der Waals surface area contributed by atoms with E-state index in [-0.39, 0.29) is 34.8 Å². The number of ether oxygens (including phenoxy) is 1. The summed E-state index contributed by atoms with van der Waals surface area (Å²) in [6, 6.07) is 4.25. The smallest absolute Gasteiger partial charge is 0.396 e. The quantitative estimate of drug-likeness (QED) is 0.804. The highest BCUT2D eigenvalue weighted by atomic mass is 35.5. The molecule has 1 aliphatic carbocycles. The lowest BCUT2D eigenvalue weighted by atomic mass is 9.91. The van der Waals surface area contributed by atoms with Crippen LogP contribution in [-0.4, -0.2) is 32.4 Å². The maximum Gasteiger partial charge on any atom is 0.423 e. The van der Waals surface area contributed by atoms with E-state index < -0.39 is 18.3 Å². The summed E-state index contributed by atoms with van der Waals surface area (Å²) < 4.78 is 47.7. The first-order valence-corrected chi connectivity index (χ1v) is 7.86. The molecule has 1 atom stereocenters. The van der Waals surface area contributed by atoms with Crippen LogP contribution in [0.2, 0.25) is 5.02 Å². The van der Waals surface area contributed by atoms with Crippen LogP contribution in [0.15, 0.2) is 23.4 Å². The van der Waals surface area contributed by atoms with Crippen molar-refractivity contribution in [1.29, 1.82) is 0 Å². The van der Waals surface area contributed by atoms with E-state index in [0.29, 0.717) is 0 Å². The fourth-order valence-corrected chi connectivity index (χ4v) is 2.76. The number of hydrogen-bond donors (Lipinski definition) is 2. The Morgan fingerprint density at radius 2 is 2.12 bits per heavy atom. The third kappa shape index (κ3) is 3.25. The molecule has 132 valence electrons. The van der Waals surface area contributed by atoms with E-state index in [0.717, 1.165) is 12.8 Å². The Kier molecular flexibility index (Phi) is 4.52. The van der Waals surface area contributed by atoms with Gasteiger partial charge in [0.1, 0.15) is 7.11 Å². The van der Waals surface area contributed by atoms with E-state index >= 15 is 0 Å². The number of benzene rings is 1. The van der Waals surface area contributed by atoms with Crippen LogP contribution in [-0.2, 0) is 15.2 Å². The Bertz CT molecular complexity index is 649. The summed E-state index contributed by atoms with van der Waals surface area (Å²) in [6.45, 7) is -0.490. The van der Waals surface area contributed by atoms with Gasteiger partial charge >= 0.3 is 6.18 Å². The maximum atomic E-state index is 14.1. The van der Waals surface area contributed by atoms with Crippen molar-refractivity contribution < 1.29 is 22.7 Å². The van der Waals surface area contributed by atoms with Gasteiger partial charge in [0.05, 0.1) is 13.2 Å². The summed E-state index contributed by atoms with van der Waals surface area (Å²) >= 11 is 5.95. The zero-order valence-electron chi connectivity index (χ0n) is 12.9. The average molecular weight is 364 g/mol. The summed E-state index contributed by atoms with van der Waals surface area (Å²) in [5, 5.41) is 9.27. The third-order valence-corrected chi connectivity index (χ3v) is 4.31. The van der Waals surface area contributed by atoms with Gasteiger partial charge in [-0.1, -0.05) is 11.6 Å². The molecule has 0 unspecified atom stereocenters. The molecule has 1 aromatic rings. The van der Waals surface area contributed by atoms with Crippen molar-refractivity contribution in [1.82, 2.24) is 5.32 Å². The van der Waals surface area contributed by atoms with Gasteiger partial charge in [-0.25, -0.2) is 0 Å². The number of guanidine groups is 1. The Morgan fingerprint density at radius 1 is 1.38 bits per heavy atom. The number of rotatable bonds is 4. The lowest BCUT2D eigenvalue weighted by Crippen LogP contribution is -2.52. The van der Waals surface area contributed by atoms with Crippen LogP contribution in [0.1, 0.15) is 18.4 Å². The van der Waals surface area contributed by atoms with Crippen LogP contribution in [0.5, 0.6) is 0 Å². The zero-order chi connectivity index (χ0) is 17.4. The molecule has 1 fully saturated rings. The van der Waals surface area contributed by atoms with Gasteiger partial charge in [-0.15, -0.1) is 0 Å². The molecular formula is C15H17ClF3N3O2. The molecule has 1 aliphatic heterocycles. The fourth-order valence-electron chi connectivity index (χ4n) is 2.59. The molecule has 0 spiro atoms. The fraction of sp³-hybridized carbons (Fsp3) is 0.533. The van der Waals surface area contributed by atoms with E-state index in [1.807, 2.05) is 0 Å². The van der Waals surface area contributed by atoms with Gasteiger partial charge in [-0.2, -0.15) is 13.2 Å². The molecule has 24 heavy (non-hydrogen) atoms. The lowest BCUT2D eigenvalue weighted by Gasteiger charge is -2.35. The number of halogens is 4. The van der Waals surface area contributed by atoms with Crippen molar-refractivity contribution in [3.8, 4) is 0 Å². The Labute approximate surface area is 142 Å². The largest absolute Gasteiger partial charge is 0.423 e. The van der Waals surface area contributed by atoms with Gasteiger partial charge in [-0.3, -0.25) is 0 Å². The van der Waals surface area contributed by atoms with Crippen LogP contribution in [0.4, 0.5) is 18.9 Å². The van der Waals surface area contributed by atoms with Crippen molar-refractivity contribution in [3.05, 3.63) is 28.8 Å². The van der Waals surface area contributed by atoms with Gasteiger partial charge in [0.2, 0.25) is 11.6 Å². The van der Waals surface area contributed by atoms with Gasteiger partial charge in [-0.05, 0) is 42.1 Å². The molecular weight excluding hydrogens is 347 g/mol. The normalized spacial score (nSPS) is 25.5. The number of nitrogens with one attached hydrogen (secondary N) is 2. The zero-order valence-corrected chi connectivity index (χ0v) is 13.7. The van der Waals surface area contributed by atoms with Crippen LogP contribution >= 0.6 is 11.6 Å². The number of hydrogen-bond acceptors (Lipinski definition) is 3. The Hall–Kier alpha value is -1.67. The molecule has 0 saturated heterocycles. The van der Waals surface area contributed by atoms with Crippen LogP contribution < -0.4 is 10.6 Å². The molecule has 0 bridgehead atoms. The maximum absolute atomic E-state index is 14.1. The molecule has 0 aromatic heterocycles. The Balaban J connectivity index is 2.08. The van der Waals surface area contributed by atoms with Crippen LogP contribution in [0.3, 0.4) is 0 Å². The van der Waals surface area contributed by atoms with E-state index in [1.165, 1.54) is 25.3 Å². The summed E-state index contributed by atoms with van der Waals surface area (Å²) in [4.78, 5) is 4.65. The summed E-state index contributed by atoms with van der Waals surface area (Å²) in [6.07, 6.45) is -2.87. The molecule has 2 aliphatic rings. The first kappa shape index (κ1) is 17.2. The molecule has 9 heteroatoms. The van der Waals surface area contributed by atoms with Crippen molar-refractivity contribution in [2.45, 2.75) is 24.6 Å². The second-order valence-electron chi connectivity index (χ2n) is 5.87. The highest BCUT2D eigenvalue weighted by Gasteiger charge is 2.59. The minimum Gasteiger partial charge on any atom is -0.396 e. The highest BCUT2D eigenvalue weighted by molar-refractivity contribution is 6.30. The lowest BCUT2D eigenvalue weighted by molar-refractivity contribution is -0.282. The second kappa shape index (κ2) is 6.33. The van der Waals surface area contributed by atoms with Crippen molar-refractivity contribution >= 4 is 23.2 Å². The molecule has 1 heterocycles.